The highest BCUT2D eigenvalue weighted by Crippen LogP contribution is 2.25. The van der Waals surface area contributed by atoms with Gasteiger partial charge >= 0.3 is 5.97 Å². The summed E-state index contributed by atoms with van der Waals surface area (Å²) in [6.45, 7) is 4.01. The molecule has 1 heterocycles. The van der Waals surface area contributed by atoms with Crippen molar-refractivity contribution in [2.75, 3.05) is 13.7 Å². The highest BCUT2D eigenvalue weighted by Gasteiger charge is 2.46. The van der Waals surface area contributed by atoms with Gasteiger partial charge in [-0.15, -0.1) is 0 Å². The molecule has 9 heteroatoms. The first-order valence-corrected chi connectivity index (χ1v) is 8.22. The van der Waals surface area contributed by atoms with E-state index < -0.39 is 35.0 Å². The van der Waals surface area contributed by atoms with E-state index in [1.54, 1.807) is 0 Å². The Hall–Kier alpha value is -2.68. The maximum absolute atomic E-state index is 12.2. The van der Waals surface area contributed by atoms with Crippen LogP contribution >= 0.6 is 0 Å². The molecule has 1 saturated heterocycles. The van der Waals surface area contributed by atoms with Crippen molar-refractivity contribution in [3.05, 3.63) is 34.4 Å². The molecular formula is C17H22N2O7. The minimum atomic E-state index is -0.715. The minimum absolute atomic E-state index is 0.0312. The van der Waals surface area contributed by atoms with Gasteiger partial charge in [0.25, 0.3) is 11.6 Å². The number of carbonyl (C=O) groups is 2. The maximum Gasteiger partial charge on any atom is 0.328 e. The first-order chi connectivity index (χ1) is 12.3. The number of amides is 1. The van der Waals surface area contributed by atoms with Gasteiger partial charge in [-0.1, -0.05) is 13.8 Å². The molecule has 1 unspecified atom stereocenters. The number of hydrogen-bond donors (Lipinski definition) is 1. The Balaban J connectivity index is 1.80. The molecule has 1 amide bonds. The number of nitrogens with zero attached hydrogens (tertiary/aromatic N) is 1. The Labute approximate surface area is 150 Å². The van der Waals surface area contributed by atoms with Crippen LogP contribution < -0.4 is 10.1 Å². The minimum Gasteiger partial charge on any atom is -0.491 e. The van der Waals surface area contributed by atoms with Gasteiger partial charge in [-0.05, 0) is 24.5 Å². The topological polar surface area (TPSA) is 120 Å². The summed E-state index contributed by atoms with van der Waals surface area (Å²) >= 11 is 0. The molecule has 9 nitrogen and oxygen atoms in total. The van der Waals surface area contributed by atoms with E-state index in [4.69, 9.17) is 14.2 Å². The Morgan fingerprint density at radius 1 is 1.31 bits per heavy atom. The van der Waals surface area contributed by atoms with Crippen molar-refractivity contribution in [1.29, 1.82) is 0 Å². The van der Waals surface area contributed by atoms with Crippen molar-refractivity contribution in [3.63, 3.8) is 0 Å². The van der Waals surface area contributed by atoms with Crippen molar-refractivity contribution >= 4 is 17.6 Å². The Morgan fingerprint density at radius 3 is 2.50 bits per heavy atom. The monoisotopic (exact) mass is 366 g/mol. The van der Waals surface area contributed by atoms with E-state index in [0.717, 1.165) is 0 Å². The van der Waals surface area contributed by atoms with Crippen molar-refractivity contribution in [2.45, 2.75) is 38.5 Å². The lowest BCUT2D eigenvalue weighted by Gasteiger charge is -2.17. The van der Waals surface area contributed by atoms with Crippen LogP contribution in [0.4, 0.5) is 5.69 Å². The molecule has 0 aliphatic carbocycles. The number of benzene rings is 1. The summed E-state index contributed by atoms with van der Waals surface area (Å²) in [5, 5.41) is 13.2. The second-order valence-corrected chi connectivity index (χ2v) is 6.37. The second-order valence-electron chi connectivity index (χ2n) is 6.37. The summed E-state index contributed by atoms with van der Waals surface area (Å²) in [6, 6.07) is 4.91. The second kappa shape index (κ2) is 8.61. The highest BCUT2D eigenvalue weighted by atomic mass is 16.6. The zero-order valence-corrected chi connectivity index (χ0v) is 14.8. The van der Waals surface area contributed by atoms with Crippen molar-refractivity contribution in [1.82, 2.24) is 5.32 Å². The van der Waals surface area contributed by atoms with Crippen LogP contribution in [0.15, 0.2) is 24.3 Å². The molecule has 0 radical (unpaired) electrons. The van der Waals surface area contributed by atoms with Gasteiger partial charge in [0, 0.05) is 12.1 Å². The third kappa shape index (κ3) is 5.41. The molecule has 0 saturated carbocycles. The number of rotatable bonds is 9. The zero-order chi connectivity index (χ0) is 19.3. The van der Waals surface area contributed by atoms with E-state index in [2.05, 4.69) is 5.32 Å². The fourth-order valence-electron chi connectivity index (χ4n) is 2.42. The highest BCUT2D eigenvalue weighted by molar-refractivity contribution is 5.88. The Bertz CT molecular complexity index is 660. The predicted molar refractivity (Wildman–Crippen MR) is 90.7 cm³/mol. The van der Waals surface area contributed by atoms with Crippen LogP contribution in [-0.4, -0.2) is 48.8 Å². The van der Waals surface area contributed by atoms with Gasteiger partial charge in [-0.25, -0.2) is 4.79 Å². The smallest absolute Gasteiger partial charge is 0.328 e. The summed E-state index contributed by atoms with van der Waals surface area (Å²) < 4.78 is 15.5. The molecule has 0 aromatic heterocycles. The van der Waals surface area contributed by atoms with Crippen LogP contribution in [0.1, 0.15) is 20.3 Å². The molecule has 1 fully saturated rings. The number of ether oxygens (including phenoxy) is 3. The van der Waals surface area contributed by atoms with Crippen molar-refractivity contribution in [2.24, 2.45) is 5.92 Å². The molecule has 1 aliphatic heterocycles. The molecule has 0 bridgehead atoms. The van der Waals surface area contributed by atoms with Gasteiger partial charge < -0.3 is 19.5 Å². The zero-order valence-electron chi connectivity index (χ0n) is 14.8. The Kier molecular flexibility index (Phi) is 6.51. The van der Waals surface area contributed by atoms with E-state index >= 15 is 0 Å². The molecule has 1 aliphatic rings. The maximum atomic E-state index is 12.2. The van der Waals surface area contributed by atoms with Crippen LogP contribution in [-0.2, 0) is 19.1 Å². The number of nitro benzene ring substituents is 1. The molecule has 2 rings (SSSR count). The van der Waals surface area contributed by atoms with Crippen LogP contribution in [0.25, 0.3) is 0 Å². The standard InChI is InChI=1S/C17H22N2O7/c1-10(2)8-13(17(21)24-3)18-16(20)15-14(26-15)9-25-12-6-4-11(5-7-12)19(22)23/h4-7,10,13-15H,8-9H2,1-3H3,(H,18,20)/t13?,14-,15-/m1/s1. The lowest BCUT2D eigenvalue weighted by atomic mass is 10.0. The van der Waals surface area contributed by atoms with E-state index in [0.29, 0.717) is 12.2 Å². The van der Waals surface area contributed by atoms with E-state index in [1.807, 2.05) is 13.8 Å². The lowest BCUT2D eigenvalue weighted by molar-refractivity contribution is -0.384. The Morgan fingerprint density at radius 2 is 1.96 bits per heavy atom. The number of esters is 1. The normalized spacial score (nSPS) is 19.5. The SMILES string of the molecule is COC(=O)C(CC(C)C)NC(=O)[C@@H]1O[C@@H]1COc1ccc([N+](=O)[O-])cc1. The number of non-ortho nitro benzene ring substituents is 1. The largest absolute Gasteiger partial charge is 0.491 e. The fraction of sp³-hybridized carbons (Fsp3) is 0.529. The van der Waals surface area contributed by atoms with Gasteiger partial charge in [-0.2, -0.15) is 0 Å². The molecule has 142 valence electrons. The van der Waals surface area contributed by atoms with Gasteiger partial charge in [0.2, 0.25) is 0 Å². The number of methoxy groups -OCH3 is 1. The molecule has 1 aromatic carbocycles. The van der Waals surface area contributed by atoms with Gasteiger partial charge in [-0.3, -0.25) is 14.9 Å². The van der Waals surface area contributed by atoms with E-state index in [-0.39, 0.29) is 18.2 Å². The lowest BCUT2D eigenvalue weighted by Crippen LogP contribution is -2.44. The average molecular weight is 366 g/mol. The summed E-state index contributed by atoms with van der Waals surface area (Å²) in [7, 11) is 1.27. The summed E-state index contributed by atoms with van der Waals surface area (Å²) in [6.07, 6.45) is -0.648. The first-order valence-electron chi connectivity index (χ1n) is 8.22. The number of hydrogen-bond acceptors (Lipinski definition) is 7. The van der Waals surface area contributed by atoms with Gasteiger partial charge in [0.15, 0.2) is 6.10 Å². The van der Waals surface area contributed by atoms with Crippen LogP contribution in [0.5, 0.6) is 5.75 Å². The van der Waals surface area contributed by atoms with Crippen LogP contribution in [0, 0.1) is 16.0 Å². The molecule has 1 aromatic rings. The third-order valence-electron chi connectivity index (χ3n) is 3.81. The molecule has 1 N–H and O–H groups in total. The quantitative estimate of drug-likeness (QED) is 0.304. The van der Waals surface area contributed by atoms with Crippen LogP contribution in [0.3, 0.4) is 0 Å². The fourth-order valence-corrected chi connectivity index (χ4v) is 2.42. The number of carbonyl (C=O) groups excluding carboxylic acids is 2. The summed E-state index contributed by atoms with van der Waals surface area (Å²) in [4.78, 5) is 34.0. The molecule has 26 heavy (non-hydrogen) atoms. The van der Waals surface area contributed by atoms with Gasteiger partial charge in [0.1, 0.15) is 24.5 Å². The van der Waals surface area contributed by atoms with E-state index in [9.17, 15) is 19.7 Å². The van der Waals surface area contributed by atoms with E-state index in [1.165, 1.54) is 31.4 Å². The average Bonchev–Trinajstić information content (AvgIpc) is 3.38. The molecule has 3 atom stereocenters. The van der Waals surface area contributed by atoms with Gasteiger partial charge in [0.05, 0.1) is 12.0 Å². The first kappa shape index (κ1) is 19.6. The number of nitrogens with one attached hydrogen (secondary N) is 1. The van der Waals surface area contributed by atoms with Crippen molar-refractivity contribution in [3.8, 4) is 5.75 Å². The summed E-state index contributed by atoms with van der Waals surface area (Å²) in [5.41, 5.74) is -0.0312. The number of nitro groups is 1. The predicted octanol–water partition coefficient (Wildman–Crippen LogP) is 1.44. The van der Waals surface area contributed by atoms with Crippen molar-refractivity contribution < 1.29 is 28.7 Å². The number of epoxide rings is 1. The third-order valence-corrected chi connectivity index (χ3v) is 3.81. The molecular weight excluding hydrogens is 344 g/mol. The molecule has 0 spiro atoms. The van der Waals surface area contributed by atoms with Crippen LogP contribution in [0.2, 0.25) is 0 Å². The summed E-state index contributed by atoms with van der Waals surface area (Å²) in [5.74, 6) is -0.233.